The fourth-order valence-electron chi connectivity index (χ4n) is 7.95. The first-order valence-electron chi connectivity index (χ1n) is 18.4. The van der Waals surface area contributed by atoms with Crippen LogP contribution in [-0.2, 0) is 0 Å². The lowest BCUT2D eigenvalue weighted by atomic mass is 9.94. The van der Waals surface area contributed by atoms with Crippen molar-refractivity contribution in [2.24, 2.45) is 0 Å². The quantitative estimate of drug-likeness (QED) is 0.166. The number of fused-ring (bicyclic) bond motifs is 4. The molecule has 0 aliphatic carbocycles. The minimum absolute atomic E-state index is 0.867. The van der Waals surface area contributed by atoms with Crippen molar-refractivity contribution in [3.8, 4) is 44.5 Å². The van der Waals surface area contributed by atoms with Crippen molar-refractivity contribution in [2.75, 3.05) is 4.90 Å². The van der Waals surface area contributed by atoms with Gasteiger partial charge in [0, 0.05) is 22.3 Å². The highest BCUT2D eigenvalue weighted by Crippen LogP contribution is 2.48. The molecule has 0 atom stereocenters. The lowest BCUT2D eigenvalue weighted by Gasteiger charge is -2.27. The zero-order valence-corrected chi connectivity index (χ0v) is 29.6. The maximum atomic E-state index is 6.86. The number of rotatable bonds is 7. The standard InChI is InChI=1S/C52H35NO/c1-3-15-36(16-4-1)37-29-31-41(32-30-37)53(42-22-13-21-40(35-42)45-25-10-9-23-43(45)38-17-5-2-6-18-38)49-34-33-47(46-27-14-20-39-19-7-8-24-44(39)46)52-51(49)48-26-11-12-28-50(48)54-52/h1-35H. The molecule has 0 aliphatic heterocycles. The number of nitrogens with zero attached hydrogens (tertiary/aromatic N) is 1. The summed E-state index contributed by atoms with van der Waals surface area (Å²) < 4.78 is 6.86. The van der Waals surface area contributed by atoms with Gasteiger partial charge in [-0.2, -0.15) is 0 Å². The maximum Gasteiger partial charge on any atom is 0.145 e. The molecule has 10 aromatic rings. The normalized spacial score (nSPS) is 11.3. The topological polar surface area (TPSA) is 16.4 Å². The summed E-state index contributed by atoms with van der Waals surface area (Å²) >= 11 is 0. The molecule has 0 amide bonds. The number of para-hydroxylation sites is 1. The van der Waals surface area contributed by atoms with Crippen LogP contribution in [0.1, 0.15) is 0 Å². The van der Waals surface area contributed by atoms with Gasteiger partial charge in [0.2, 0.25) is 0 Å². The molecule has 1 aromatic heterocycles. The van der Waals surface area contributed by atoms with Gasteiger partial charge in [-0.25, -0.2) is 0 Å². The molecule has 54 heavy (non-hydrogen) atoms. The second-order valence-corrected chi connectivity index (χ2v) is 13.7. The summed E-state index contributed by atoms with van der Waals surface area (Å²) in [6.07, 6.45) is 0. The number of benzene rings is 9. The smallest absolute Gasteiger partial charge is 0.145 e. The Balaban J connectivity index is 1.21. The highest BCUT2D eigenvalue weighted by Gasteiger charge is 2.23. The Labute approximate surface area is 314 Å². The van der Waals surface area contributed by atoms with Crippen LogP contribution in [0.25, 0.3) is 77.2 Å². The van der Waals surface area contributed by atoms with Gasteiger partial charge in [-0.15, -0.1) is 0 Å². The molecule has 0 saturated heterocycles. The highest BCUT2D eigenvalue weighted by molar-refractivity contribution is 6.18. The second kappa shape index (κ2) is 13.4. The fourth-order valence-corrected chi connectivity index (χ4v) is 7.95. The molecule has 9 aromatic carbocycles. The predicted molar refractivity (Wildman–Crippen MR) is 228 cm³/mol. The molecule has 0 bridgehead atoms. The number of anilines is 3. The van der Waals surface area contributed by atoms with Gasteiger partial charge in [0.25, 0.3) is 0 Å². The van der Waals surface area contributed by atoms with Crippen molar-refractivity contribution < 1.29 is 4.42 Å². The summed E-state index contributed by atoms with van der Waals surface area (Å²) in [5, 5.41) is 4.57. The van der Waals surface area contributed by atoms with E-state index in [1.165, 1.54) is 38.6 Å². The Hall–Kier alpha value is -7.16. The van der Waals surface area contributed by atoms with Crippen molar-refractivity contribution >= 4 is 49.8 Å². The Morgan fingerprint density at radius 2 is 0.907 bits per heavy atom. The first kappa shape index (κ1) is 31.6. The molecule has 0 saturated carbocycles. The second-order valence-electron chi connectivity index (χ2n) is 13.7. The van der Waals surface area contributed by atoms with E-state index in [1.54, 1.807) is 0 Å². The van der Waals surface area contributed by atoms with E-state index in [4.69, 9.17) is 4.42 Å². The van der Waals surface area contributed by atoms with E-state index in [1.807, 2.05) is 0 Å². The molecule has 0 N–H and O–H groups in total. The minimum atomic E-state index is 0.867. The van der Waals surface area contributed by atoms with Crippen molar-refractivity contribution in [1.29, 1.82) is 0 Å². The van der Waals surface area contributed by atoms with E-state index in [9.17, 15) is 0 Å². The average Bonchev–Trinajstić information content (AvgIpc) is 3.65. The van der Waals surface area contributed by atoms with Crippen LogP contribution in [0.2, 0.25) is 0 Å². The Kier molecular flexibility index (Phi) is 7.85. The highest BCUT2D eigenvalue weighted by atomic mass is 16.3. The SMILES string of the molecule is c1ccc(-c2ccc(N(c3cccc(-c4ccccc4-c4ccccc4)c3)c3ccc(-c4cccc5ccccc45)c4oc5ccccc5c34)cc2)cc1. The predicted octanol–water partition coefficient (Wildman–Crippen LogP) is 14.9. The van der Waals surface area contributed by atoms with E-state index in [0.29, 0.717) is 0 Å². The third-order valence-corrected chi connectivity index (χ3v) is 10.5. The van der Waals surface area contributed by atoms with Gasteiger partial charge >= 0.3 is 0 Å². The van der Waals surface area contributed by atoms with Crippen molar-refractivity contribution in [2.45, 2.75) is 0 Å². The van der Waals surface area contributed by atoms with E-state index in [0.717, 1.165) is 55.7 Å². The van der Waals surface area contributed by atoms with Gasteiger partial charge in [0.15, 0.2) is 0 Å². The van der Waals surface area contributed by atoms with Crippen molar-refractivity contribution in [1.82, 2.24) is 0 Å². The van der Waals surface area contributed by atoms with E-state index in [-0.39, 0.29) is 0 Å². The summed E-state index contributed by atoms with van der Waals surface area (Å²) in [5.41, 5.74) is 14.3. The van der Waals surface area contributed by atoms with Crippen LogP contribution < -0.4 is 4.90 Å². The molecular weight excluding hydrogens is 655 g/mol. The summed E-state index contributed by atoms with van der Waals surface area (Å²) in [6, 6.07) is 75.7. The van der Waals surface area contributed by atoms with E-state index < -0.39 is 0 Å². The monoisotopic (exact) mass is 689 g/mol. The summed E-state index contributed by atoms with van der Waals surface area (Å²) in [6.45, 7) is 0. The van der Waals surface area contributed by atoms with Gasteiger partial charge in [-0.05, 0) is 92.2 Å². The Morgan fingerprint density at radius 3 is 1.70 bits per heavy atom. The van der Waals surface area contributed by atoms with Crippen LogP contribution in [0.4, 0.5) is 17.1 Å². The minimum Gasteiger partial charge on any atom is -0.455 e. The van der Waals surface area contributed by atoms with Gasteiger partial charge in [-0.1, -0.05) is 170 Å². The molecule has 0 spiro atoms. The zero-order chi connectivity index (χ0) is 35.8. The van der Waals surface area contributed by atoms with Crippen LogP contribution in [0.3, 0.4) is 0 Å². The summed E-state index contributed by atoms with van der Waals surface area (Å²) in [5.74, 6) is 0. The molecule has 0 radical (unpaired) electrons. The third kappa shape index (κ3) is 5.53. The lowest BCUT2D eigenvalue weighted by Crippen LogP contribution is -2.10. The molecule has 0 fully saturated rings. The van der Waals surface area contributed by atoms with Crippen LogP contribution in [0, 0.1) is 0 Å². The number of hydrogen-bond donors (Lipinski definition) is 0. The molecular formula is C52H35NO. The fraction of sp³-hybridized carbons (Fsp3) is 0. The van der Waals surface area contributed by atoms with Gasteiger partial charge in [0.1, 0.15) is 11.2 Å². The molecule has 0 unspecified atom stereocenters. The van der Waals surface area contributed by atoms with E-state index >= 15 is 0 Å². The van der Waals surface area contributed by atoms with Crippen molar-refractivity contribution in [3.05, 3.63) is 212 Å². The van der Waals surface area contributed by atoms with Crippen molar-refractivity contribution in [3.63, 3.8) is 0 Å². The Morgan fingerprint density at radius 1 is 0.333 bits per heavy atom. The average molecular weight is 690 g/mol. The first-order chi connectivity index (χ1) is 26.8. The molecule has 2 heteroatoms. The maximum absolute atomic E-state index is 6.86. The van der Waals surface area contributed by atoms with Gasteiger partial charge in [-0.3, -0.25) is 0 Å². The van der Waals surface area contributed by atoms with Gasteiger partial charge in [0.05, 0.1) is 11.1 Å². The van der Waals surface area contributed by atoms with Crippen LogP contribution in [0.5, 0.6) is 0 Å². The molecule has 2 nitrogen and oxygen atoms in total. The first-order valence-corrected chi connectivity index (χ1v) is 18.4. The Bertz CT molecular complexity index is 2920. The van der Waals surface area contributed by atoms with Crippen LogP contribution in [-0.4, -0.2) is 0 Å². The van der Waals surface area contributed by atoms with Crippen LogP contribution in [0.15, 0.2) is 217 Å². The third-order valence-electron chi connectivity index (χ3n) is 10.5. The molecule has 0 aliphatic rings. The summed E-state index contributed by atoms with van der Waals surface area (Å²) in [4.78, 5) is 2.39. The molecule has 1 heterocycles. The number of furan rings is 1. The largest absolute Gasteiger partial charge is 0.455 e. The molecule has 254 valence electrons. The van der Waals surface area contributed by atoms with Gasteiger partial charge < -0.3 is 9.32 Å². The van der Waals surface area contributed by atoms with Crippen LogP contribution >= 0.6 is 0 Å². The summed E-state index contributed by atoms with van der Waals surface area (Å²) in [7, 11) is 0. The number of hydrogen-bond acceptors (Lipinski definition) is 2. The lowest BCUT2D eigenvalue weighted by molar-refractivity contribution is 0.670. The zero-order valence-electron chi connectivity index (χ0n) is 29.6. The van der Waals surface area contributed by atoms with E-state index in [2.05, 4.69) is 217 Å². The molecule has 10 rings (SSSR count).